The number of halogens is 1. The zero-order valence-electron chi connectivity index (χ0n) is 9.50. The number of hydrogen-bond donors (Lipinski definition) is 1. The lowest BCUT2D eigenvalue weighted by atomic mass is 10.00. The summed E-state index contributed by atoms with van der Waals surface area (Å²) >= 11 is 3.39. The molecule has 3 nitrogen and oxygen atoms in total. The summed E-state index contributed by atoms with van der Waals surface area (Å²) in [5, 5.41) is 0. The van der Waals surface area contributed by atoms with Gasteiger partial charge in [0.15, 0.2) is 0 Å². The van der Waals surface area contributed by atoms with Gasteiger partial charge in [-0.15, -0.1) is 0 Å². The number of carbonyl (C=O) groups excluding carboxylic acids is 1. The molecule has 88 valence electrons. The van der Waals surface area contributed by atoms with Crippen LogP contribution >= 0.6 is 15.9 Å². The van der Waals surface area contributed by atoms with Crippen LogP contribution < -0.4 is 5.73 Å². The van der Waals surface area contributed by atoms with Crippen molar-refractivity contribution >= 4 is 21.9 Å². The topological polar surface area (TPSA) is 52.3 Å². The van der Waals surface area contributed by atoms with Gasteiger partial charge in [-0.05, 0) is 37.1 Å². The monoisotopic (exact) mass is 285 g/mol. The molecule has 2 N–H and O–H groups in total. The van der Waals surface area contributed by atoms with Crippen LogP contribution in [0.3, 0.4) is 0 Å². The van der Waals surface area contributed by atoms with Crippen molar-refractivity contribution in [3.05, 3.63) is 33.8 Å². The van der Waals surface area contributed by atoms with E-state index in [0.29, 0.717) is 6.61 Å². The highest BCUT2D eigenvalue weighted by atomic mass is 79.9. The Labute approximate surface area is 104 Å². The van der Waals surface area contributed by atoms with Crippen molar-refractivity contribution in [2.45, 2.75) is 26.3 Å². The quantitative estimate of drug-likeness (QED) is 0.866. The van der Waals surface area contributed by atoms with Crippen molar-refractivity contribution in [2.24, 2.45) is 5.73 Å². The Balaban J connectivity index is 2.72. The number of aryl methyl sites for hydroxylation is 1. The van der Waals surface area contributed by atoms with Crippen molar-refractivity contribution in [1.82, 2.24) is 0 Å². The number of nitrogens with two attached hydrogens (primary N) is 1. The zero-order valence-corrected chi connectivity index (χ0v) is 11.1. The summed E-state index contributed by atoms with van der Waals surface area (Å²) in [7, 11) is 0. The molecule has 0 amide bonds. The van der Waals surface area contributed by atoms with Gasteiger partial charge in [0.1, 0.15) is 0 Å². The summed E-state index contributed by atoms with van der Waals surface area (Å²) in [4.78, 5) is 11.3. The average molecular weight is 286 g/mol. The molecule has 0 saturated heterocycles. The van der Waals surface area contributed by atoms with Crippen LogP contribution in [-0.4, -0.2) is 12.6 Å². The molecule has 0 aromatic heterocycles. The van der Waals surface area contributed by atoms with Crippen molar-refractivity contribution < 1.29 is 9.53 Å². The second-order valence-electron chi connectivity index (χ2n) is 3.62. The number of benzene rings is 1. The Morgan fingerprint density at radius 1 is 1.56 bits per heavy atom. The molecule has 0 unspecified atom stereocenters. The molecule has 0 aliphatic carbocycles. The predicted octanol–water partition coefficient (Wildman–Crippen LogP) is 2.71. The molecule has 0 aliphatic rings. The highest BCUT2D eigenvalue weighted by Crippen LogP contribution is 2.22. The van der Waals surface area contributed by atoms with E-state index in [0.717, 1.165) is 15.6 Å². The lowest BCUT2D eigenvalue weighted by Gasteiger charge is -2.14. The third-order valence-corrected chi connectivity index (χ3v) is 2.82. The molecule has 1 rings (SSSR count). The largest absolute Gasteiger partial charge is 0.466 e. The fourth-order valence-electron chi connectivity index (χ4n) is 1.56. The molecule has 0 radical (unpaired) electrons. The van der Waals surface area contributed by atoms with Gasteiger partial charge in [-0.2, -0.15) is 0 Å². The predicted molar refractivity (Wildman–Crippen MR) is 67.1 cm³/mol. The molecule has 1 atom stereocenters. The van der Waals surface area contributed by atoms with Crippen LogP contribution in [0.4, 0.5) is 0 Å². The number of carbonyl (C=O) groups is 1. The Bertz CT molecular complexity index is 379. The van der Waals surface area contributed by atoms with E-state index in [9.17, 15) is 4.79 Å². The number of ether oxygens (including phenoxy) is 1. The molecule has 1 aromatic rings. The van der Waals surface area contributed by atoms with Crippen LogP contribution in [0.15, 0.2) is 22.7 Å². The zero-order chi connectivity index (χ0) is 12.1. The van der Waals surface area contributed by atoms with E-state index >= 15 is 0 Å². The van der Waals surface area contributed by atoms with Crippen LogP contribution in [-0.2, 0) is 9.53 Å². The van der Waals surface area contributed by atoms with Gasteiger partial charge in [-0.3, -0.25) is 4.79 Å². The normalized spacial score (nSPS) is 12.2. The minimum atomic E-state index is -0.299. The minimum absolute atomic E-state index is 0.219. The van der Waals surface area contributed by atoms with Crippen LogP contribution in [0.1, 0.15) is 30.5 Å². The fourth-order valence-corrected chi connectivity index (χ4v) is 2.04. The maximum atomic E-state index is 11.3. The lowest BCUT2D eigenvalue weighted by Crippen LogP contribution is -2.18. The summed E-state index contributed by atoms with van der Waals surface area (Å²) in [5.41, 5.74) is 8.02. The first-order valence-corrected chi connectivity index (χ1v) is 6.01. The lowest BCUT2D eigenvalue weighted by molar-refractivity contribution is -0.143. The number of hydrogen-bond acceptors (Lipinski definition) is 3. The van der Waals surface area contributed by atoms with Gasteiger partial charge in [0.05, 0.1) is 13.0 Å². The highest BCUT2D eigenvalue weighted by Gasteiger charge is 2.14. The SMILES string of the molecule is CCOC(=O)C[C@H](N)c1ccc(Br)cc1C. The van der Waals surface area contributed by atoms with E-state index in [1.54, 1.807) is 6.92 Å². The van der Waals surface area contributed by atoms with Crippen molar-refractivity contribution in [3.63, 3.8) is 0 Å². The summed E-state index contributed by atoms with van der Waals surface area (Å²) < 4.78 is 5.88. The maximum Gasteiger partial charge on any atom is 0.307 e. The van der Waals surface area contributed by atoms with E-state index in [2.05, 4.69) is 15.9 Å². The van der Waals surface area contributed by atoms with Gasteiger partial charge in [0, 0.05) is 10.5 Å². The molecule has 0 bridgehead atoms. The first-order valence-electron chi connectivity index (χ1n) is 5.21. The number of esters is 1. The Kier molecular flexibility index (Phi) is 4.96. The van der Waals surface area contributed by atoms with E-state index in [4.69, 9.17) is 10.5 Å². The second kappa shape index (κ2) is 6.01. The number of rotatable bonds is 4. The molecule has 0 saturated carbocycles. The summed E-state index contributed by atoms with van der Waals surface area (Å²) in [6.07, 6.45) is 0.219. The second-order valence-corrected chi connectivity index (χ2v) is 4.53. The fraction of sp³-hybridized carbons (Fsp3) is 0.417. The smallest absolute Gasteiger partial charge is 0.307 e. The van der Waals surface area contributed by atoms with Crippen molar-refractivity contribution in [3.8, 4) is 0 Å². The molecule has 4 heteroatoms. The van der Waals surface area contributed by atoms with Crippen molar-refractivity contribution in [2.75, 3.05) is 6.61 Å². The molecular weight excluding hydrogens is 270 g/mol. The molecule has 0 aliphatic heterocycles. The summed E-state index contributed by atoms with van der Waals surface area (Å²) in [5.74, 6) is -0.252. The van der Waals surface area contributed by atoms with Crippen LogP contribution in [0.5, 0.6) is 0 Å². The molecule has 0 spiro atoms. The highest BCUT2D eigenvalue weighted by molar-refractivity contribution is 9.10. The minimum Gasteiger partial charge on any atom is -0.466 e. The molecule has 16 heavy (non-hydrogen) atoms. The van der Waals surface area contributed by atoms with Gasteiger partial charge < -0.3 is 10.5 Å². The summed E-state index contributed by atoms with van der Waals surface area (Å²) in [6, 6.07) is 5.55. The average Bonchev–Trinajstić information content (AvgIpc) is 2.17. The molecular formula is C12H16BrNO2. The van der Waals surface area contributed by atoms with E-state index < -0.39 is 0 Å². The van der Waals surface area contributed by atoms with Gasteiger partial charge in [-0.25, -0.2) is 0 Å². The van der Waals surface area contributed by atoms with Gasteiger partial charge in [0.2, 0.25) is 0 Å². The van der Waals surface area contributed by atoms with Crippen LogP contribution in [0, 0.1) is 6.92 Å². The van der Waals surface area contributed by atoms with E-state index in [-0.39, 0.29) is 18.4 Å². The molecule has 1 aromatic carbocycles. The van der Waals surface area contributed by atoms with Crippen LogP contribution in [0.25, 0.3) is 0 Å². The third kappa shape index (κ3) is 3.61. The Morgan fingerprint density at radius 2 is 2.25 bits per heavy atom. The first kappa shape index (κ1) is 13.2. The molecule has 0 fully saturated rings. The van der Waals surface area contributed by atoms with E-state index in [1.807, 2.05) is 25.1 Å². The summed E-state index contributed by atoms with van der Waals surface area (Å²) in [6.45, 7) is 4.16. The Morgan fingerprint density at radius 3 is 2.81 bits per heavy atom. The maximum absolute atomic E-state index is 11.3. The first-order chi connectivity index (χ1) is 7.54. The van der Waals surface area contributed by atoms with E-state index in [1.165, 1.54) is 0 Å². The Hall–Kier alpha value is -0.870. The van der Waals surface area contributed by atoms with Crippen molar-refractivity contribution in [1.29, 1.82) is 0 Å². The van der Waals surface area contributed by atoms with Gasteiger partial charge in [0.25, 0.3) is 0 Å². The van der Waals surface area contributed by atoms with Gasteiger partial charge in [-0.1, -0.05) is 22.0 Å². The standard InChI is InChI=1S/C12H16BrNO2/c1-3-16-12(15)7-11(14)10-5-4-9(13)6-8(10)2/h4-6,11H,3,7,14H2,1-2H3/t11-/m0/s1. The molecule has 0 heterocycles. The van der Waals surface area contributed by atoms with Gasteiger partial charge >= 0.3 is 5.97 Å². The third-order valence-electron chi connectivity index (χ3n) is 2.32. The van der Waals surface area contributed by atoms with Crippen LogP contribution in [0.2, 0.25) is 0 Å².